The van der Waals surface area contributed by atoms with Crippen molar-refractivity contribution in [3.05, 3.63) is 0 Å². The van der Waals surface area contributed by atoms with Crippen LogP contribution in [0.4, 0.5) is 0 Å². The van der Waals surface area contributed by atoms with Gasteiger partial charge < -0.3 is 13.6 Å². The molecule has 0 saturated heterocycles. The molecule has 0 aliphatic rings. The van der Waals surface area contributed by atoms with Crippen LogP contribution in [0.25, 0.3) is 0 Å². The summed E-state index contributed by atoms with van der Waals surface area (Å²) in [7, 11) is -3.07. The summed E-state index contributed by atoms with van der Waals surface area (Å²) >= 11 is 0. The molecule has 0 radical (unpaired) electrons. The molecule has 0 atom stereocenters. The highest BCUT2D eigenvalue weighted by Gasteiger charge is 2.32. The minimum absolute atomic E-state index is 0.805. The largest absolute Gasteiger partial charge is 0.455 e. The molecule has 0 aliphatic heterocycles. The van der Waals surface area contributed by atoms with Crippen LogP contribution in [0, 0.1) is 0 Å². The Morgan fingerprint density at radius 1 is 0.722 bits per heavy atom. The molecule has 0 aromatic rings. The Kier molecular flexibility index (Phi) is 9.42. The Labute approximate surface area is 115 Å². The van der Waals surface area contributed by atoms with Gasteiger partial charge in [-0.15, -0.1) is 0 Å². The zero-order valence-electron chi connectivity index (χ0n) is 13.2. The maximum absolute atomic E-state index is 6.49. The monoisotopic (exact) mass is 292 g/mol. The molecule has 0 rings (SSSR count). The van der Waals surface area contributed by atoms with Gasteiger partial charge in [-0.1, -0.05) is 0 Å². The second-order valence-electron chi connectivity index (χ2n) is 5.87. The highest BCUT2D eigenvalue weighted by atomic mass is 28.4. The Morgan fingerprint density at radius 2 is 1.22 bits per heavy atom. The fraction of sp³-hybridized carbons (Fsp3) is 1.00. The summed E-state index contributed by atoms with van der Waals surface area (Å²) in [5, 5.41) is 0. The molecule has 0 aromatic carbocycles. The molecule has 0 aromatic heterocycles. The molecule has 0 N–H and O–H groups in total. The lowest BCUT2D eigenvalue weighted by atomic mass is 10.5. The highest BCUT2D eigenvalue weighted by Crippen LogP contribution is 2.22. The van der Waals surface area contributed by atoms with Crippen LogP contribution in [0.15, 0.2) is 0 Å². The minimum atomic E-state index is -1.55. The fourth-order valence-electron chi connectivity index (χ4n) is 2.06. The van der Waals surface area contributed by atoms with E-state index < -0.39 is 16.6 Å². The number of hydrogen-bond donors (Lipinski definition) is 0. The fourth-order valence-corrected chi connectivity index (χ4v) is 10.5. The molecule has 0 saturated carbocycles. The van der Waals surface area contributed by atoms with Crippen molar-refractivity contribution >= 4 is 16.6 Å². The number of hydrogen-bond acceptors (Lipinski definition) is 3. The van der Waals surface area contributed by atoms with Crippen molar-refractivity contribution in [3.8, 4) is 0 Å². The first-order valence-electron chi connectivity index (χ1n) is 7.18. The van der Waals surface area contributed by atoms with Crippen LogP contribution >= 0.6 is 0 Å². The van der Waals surface area contributed by atoms with Gasteiger partial charge in [0.05, 0.1) is 0 Å². The Balaban J connectivity index is 3.95. The third-order valence-electron chi connectivity index (χ3n) is 2.88. The van der Waals surface area contributed by atoms with E-state index in [2.05, 4.69) is 26.2 Å². The topological polar surface area (TPSA) is 27.7 Å². The van der Waals surface area contributed by atoms with Crippen LogP contribution in [0.5, 0.6) is 0 Å². The molecule has 0 amide bonds. The Bertz CT molecular complexity index is 208. The molecule has 18 heavy (non-hydrogen) atoms. The third kappa shape index (κ3) is 10.3. The lowest BCUT2D eigenvalue weighted by Gasteiger charge is -2.34. The lowest BCUT2D eigenvalue weighted by molar-refractivity contribution is 0.147. The first-order valence-corrected chi connectivity index (χ1v) is 13.4. The predicted octanol–water partition coefficient (Wildman–Crippen LogP) is 3.88. The van der Waals surface area contributed by atoms with Crippen LogP contribution in [0.1, 0.15) is 20.3 Å². The van der Waals surface area contributed by atoms with Crippen molar-refractivity contribution in [3.63, 3.8) is 0 Å². The number of rotatable bonds is 11. The smallest absolute Gasteiger partial charge is 0.175 e. The first kappa shape index (κ1) is 18.3. The summed E-state index contributed by atoms with van der Waals surface area (Å²) in [5.74, 6) is 0. The molecule has 0 aliphatic carbocycles. The molecular weight excluding hydrogens is 260 g/mol. The Morgan fingerprint density at radius 3 is 1.78 bits per heavy atom. The standard InChI is InChI=1S/C13H32O3Si2/c1-7-14-10-9-12-17(3,4)16-18(5,6)13-11-15-8-2/h7-13H2,1-6H3. The first-order chi connectivity index (χ1) is 8.33. The summed E-state index contributed by atoms with van der Waals surface area (Å²) < 4.78 is 17.3. The van der Waals surface area contributed by atoms with Crippen LogP contribution < -0.4 is 0 Å². The van der Waals surface area contributed by atoms with Gasteiger partial charge in [-0.25, -0.2) is 0 Å². The molecule has 0 spiro atoms. The van der Waals surface area contributed by atoms with Crippen LogP contribution in [0.2, 0.25) is 38.3 Å². The maximum Gasteiger partial charge on any atom is 0.175 e. The van der Waals surface area contributed by atoms with Crippen molar-refractivity contribution < 1.29 is 13.6 Å². The Hall–Kier alpha value is 0.314. The van der Waals surface area contributed by atoms with Gasteiger partial charge in [-0.3, -0.25) is 0 Å². The molecule has 3 nitrogen and oxygen atoms in total. The summed E-state index contributed by atoms with van der Waals surface area (Å²) in [6, 6.07) is 2.29. The van der Waals surface area contributed by atoms with Crippen molar-refractivity contribution in [2.24, 2.45) is 0 Å². The lowest BCUT2D eigenvalue weighted by Crippen LogP contribution is -2.44. The van der Waals surface area contributed by atoms with Crippen molar-refractivity contribution in [1.82, 2.24) is 0 Å². The molecule has 110 valence electrons. The molecule has 0 heterocycles. The summed E-state index contributed by atoms with van der Waals surface area (Å²) in [4.78, 5) is 0. The van der Waals surface area contributed by atoms with E-state index in [1.807, 2.05) is 13.8 Å². The van der Waals surface area contributed by atoms with E-state index in [1.165, 1.54) is 6.04 Å². The SMILES string of the molecule is CCOCCC[Si](C)(C)O[Si](C)(C)CCOCC. The molecule has 0 fully saturated rings. The summed E-state index contributed by atoms with van der Waals surface area (Å²) in [5.41, 5.74) is 0. The van der Waals surface area contributed by atoms with Gasteiger partial charge in [-0.05, 0) is 58.5 Å². The number of ether oxygens (including phenoxy) is 2. The van der Waals surface area contributed by atoms with Gasteiger partial charge in [0, 0.05) is 26.4 Å². The zero-order chi connectivity index (χ0) is 14.1. The van der Waals surface area contributed by atoms with E-state index in [0.29, 0.717) is 0 Å². The van der Waals surface area contributed by atoms with Crippen molar-refractivity contribution in [1.29, 1.82) is 0 Å². The molecule has 0 unspecified atom stereocenters. The van der Waals surface area contributed by atoms with E-state index in [4.69, 9.17) is 13.6 Å². The third-order valence-corrected chi connectivity index (χ3v) is 10.3. The van der Waals surface area contributed by atoms with E-state index >= 15 is 0 Å². The second-order valence-corrected chi connectivity index (χ2v) is 14.7. The minimum Gasteiger partial charge on any atom is -0.455 e. The van der Waals surface area contributed by atoms with Gasteiger partial charge in [0.1, 0.15) is 0 Å². The van der Waals surface area contributed by atoms with E-state index in [1.54, 1.807) is 0 Å². The van der Waals surface area contributed by atoms with E-state index in [9.17, 15) is 0 Å². The van der Waals surface area contributed by atoms with E-state index in [-0.39, 0.29) is 0 Å². The van der Waals surface area contributed by atoms with Crippen LogP contribution in [0.3, 0.4) is 0 Å². The predicted molar refractivity (Wildman–Crippen MR) is 83.3 cm³/mol. The van der Waals surface area contributed by atoms with Crippen molar-refractivity contribution in [2.45, 2.75) is 58.5 Å². The van der Waals surface area contributed by atoms with Gasteiger partial charge in [0.25, 0.3) is 0 Å². The van der Waals surface area contributed by atoms with Crippen LogP contribution in [-0.2, 0) is 13.6 Å². The molecule has 5 heteroatoms. The summed E-state index contributed by atoms with van der Waals surface area (Å²) in [6.45, 7) is 16.7. The van der Waals surface area contributed by atoms with Crippen LogP contribution in [-0.4, -0.2) is 43.1 Å². The van der Waals surface area contributed by atoms with Gasteiger partial charge in [0.15, 0.2) is 16.6 Å². The molecular formula is C13H32O3Si2. The molecule has 0 bridgehead atoms. The van der Waals surface area contributed by atoms with Gasteiger partial charge >= 0.3 is 0 Å². The normalized spacial score (nSPS) is 13.0. The quantitative estimate of drug-likeness (QED) is 0.427. The second kappa shape index (κ2) is 9.25. The highest BCUT2D eigenvalue weighted by molar-refractivity contribution is 6.84. The average molecular weight is 293 g/mol. The average Bonchev–Trinajstić information content (AvgIpc) is 2.23. The maximum atomic E-state index is 6.49. The van der Waals surface area contributed by atoms with Crippen molar-refractivity contribution in [2.75, 3.05) is 26.4 Å². The summed E-state index contributed by atoms with van der Waals surface area (Å²) in [6.07, 6.45) is 1.13. The van der Waals surface area contributed by atoms with Gasteiger partial charge in [-0.2, -0.15) is 0 Å². The van der Waals surface area contributed by atoms with E-state index in [0.717, 1.165) is 38.9 Å². The van der Waals surface area contributed by atoms with Gasteiger partial charge in [0.2, 0.25) is 0 Å². The zero-order valence-corrected chi connectivity index (χ0v) is 15.2.